The number of nitrogens with zero attached hydrogens (tertiary/aromatic N) is 3. The Bertz CT molecular complexity index is 500. The fourth-order valence-electron chi connectivity index (χ4n) is 1.08. The third-order valence-corrected chi connectivity index (χ3v) is 1.90. The largest absolute Gasteiger partial charge is 0.324 e. The molecule has 4 nitrogen and oxygen atoms in total. The van der Waals surface area contributed by atoms with Crippen molar-refractivity contribution < 1.29 is 8.78 Å². The zero-order chi connectivity index (χ0) is 11.5. The second-order valence-corrected chi connectivity index (χ2v) is 3.27. The number of hydrogen-bond acceptors (Lipinski definition) is 4. The molecule has 0 saturated carbocycles. The van der Waals surface area contributed by atoms with Crippen LogP contribution in [0.15, 0.2) is 24.3 Å². The van der Waals surface area contributed by atoms with Crippen LogP contribution in [-0.2, 0) is 0 Å². The van der Waals surface area contributed by atoms with Crippen molar-refractivity contribution >= 4 is 23.2 Å². The zero-order valence-electron chi connectivity index (χ0n) is 7.78. The molecule has 0 amide bonds. The van der Waals surface area contributed by atoms with Crippen molar-refractivity contribution in [2.24, 2.45) is 0 Å². The summed E-state index contributed by atoms with van der Waals surface area (Å²) in [5.41, 5.74) is 0.525. The molecule has 2 aromatic rings. The van der Waals surface area contributed by atoms with Crippen molar-refractivity contribution in [2.45, 2.75) is 0 Å². The van der Waals surface area contributed by atoms with E-state index in [9.17, 15) is 8.78 Å². The Balaban J connectivity index is 2.27. The lowest BCUT2D eigenvalue weighted by Gasteiger charge is -2.04. The molecular formula is C9H5ClF2N4. The van der Waals surface area contributed by atoms with E-state index in [4.69, 9.17) is 11.6 Å². The van der Waals surface area contributed by atoms with E-state index in [-0.39, 0.29) is 5.95 Å². The van der Waals surface area contributed by atoms with E-state index in [0.29, 0.717) is 10.7 Å². The summed E-state index contributed by atoms with van der Waals surface area (Å²) in [6.07, 6.45) is -2.37. The Morgan fingerprint density at radius 3 is 2.38 bits per heavy atom. The minimum atomic E-state index is -1.18. The van der Waals surface area contributed by atoms with Gasteiger partial charge in [-0.3, -0.25) is 0 Å². The van der Waals surface area contributed by atoms with E-state index in [0.717, 1.165) is 0 Å². The minimum Gasteiger partial charge on any atom is -0.324 e. The number of hydrogen-bond donors (Lipinski definition) is 1. The highest BCUT2D eigenvalue weighted by molar-refractivity contribution is 6.30. The molecule has 2 rings (SSSR count). The monoisotopic (exact) mass is 242 g/mol. The maximum absolute atomic E-state index is 12.6. The second-order valence-electron chi connectivity index (χ2n) is 2.83. The fourth-order valence-corrected chi connectivity index (χ4v) is 1.27. The molecule has 82 valence electrons. The van der Waals surface area contributed by atoms with Gasteiger partial charge in [-0.25, -0.2) is 0 Å². The van der Waals surface area contributed by atoms with Crippen LogP contribution in [-0.4, -0.2) is 15.0 Å². The molecule has 0 spiro atoms. The molecule has 1 aromatic heterocycles. The van der Waals surface area contributed by atoms with Crippen LogP contribution in [0.3, 0.4) is 0 Å². The number of rotatable bonds is 2. The standard InChI is InChI=1S/C9H5ClF2N4/c10-5-2-1-3-6(4-5)13-9-15-7(11)14-8(12)16-9/h1-4H,(H,13,14,15,16). The van der Waals surface area contributed by atoms with Gasteiger partial charge in [-0.05, 0) is 18.2 Å². The summed E-state index contributed by atoms with van der Waals surface area (Å²) in [6.45, 7) is 0. The maximum atomic E-state index is 12.6. The molecule has 0 aliphatic heterocycles. The number of aromatic nitrogens is 3. The zero-order valence-corrected chi connectivity index (χ0v) is 8.54. The Labute approximate surface area is 94.3 Å². The summed E-state index contributed by atoms with van der Waals surface area (Å²) < 4.78 is 25.3. The minimum absolute atomic E-state index is 0.215. The molecule has 16 heavy (non-hydrogen) atoms. The van der Waals surface area contributed by atoms with Gasteiger partial charge in [0.2, 0.25) is 5.95 Å². The first-order valence-electron chi connectivity index (χ1n) is 4.23. The normalized spacial score (nSPS) is 10.2. The van der Waals surface area contributed by atoms with Gasteiger partial charge in [0, 0.05) is 10.7 Å². The van der Waals surface area contributed by atoms with Gasteiger partial charge in [-0.1, -0.05) is 17.7 Å². The predicted molar refractivity (Wildman–Crippen MR) is 54.5 cm³/mol. The van der Waals surface area contributed by atoms with E-state index in [1.165, 1.54) is 0 Å². The molecule has 0 unspecified atom stereocenters. The highest BCUT2D eigenvalue weighted by Crippen LogP contribution is 2.17. The van der Waals surface area contributed by atoms with Crippen LogP contribution in [0.1, 0.15) is 0 Å². The smallest absolute Gasteiger partial charge is 0.315 e. The average Bonchev–Trinajstić information content (AvgIpc) is 2.15. The van der Waals surface area contributed by atoms with Gasteiger partial charge in [0.1, 0.15) is 0 Å². The van der Waals surface area contributed by atoms with Gasteiger partial charge in [0.25, 0.3) is 0 Å². The molecule has 1 aromatic carbocycles. The molecule has 0 saturated heterocycles. The van der Waals surface area contributed by atoms with Gasteiger partial charge in [-0.2, -0.15) is 23.7 Å². The van der Waals surface area contributed by atoms with Crippen molar-refractivity contribution in [3.05, 3.63) is 41.4 Å². The molecule has 0 radical (unpaired) electrons. The lowest BCUT2D eigenvalue weighted by Crippen LogP contribution is -2.04. The third kappa shape index (κ3) is 2.60. The summed E-state index contributed by atoms with van der Waals surface area (Å²) in [5.74, 6) is -0.215. The van der Waals surface area contributed by atoms with Gasteiger partial charge < -0.3 is 5.32 Å². The van der Waals surface area contributed by atoms with Crippen LogP contribution in [0.4, 0.5) is 20.4 Å². The number of benzene rings is 1. The Hall–Kier alpha value is -1.82. The van der Waals surface area contributed by atoms with Crippen LogP contribution in [0.5, 0.6) is 0 Å². The molecule has 0 aliphatic carbocycles. The first kappa shape index (κ1) is 10.7. The van der Waals surface area contributed by atoms with Gasteiger partial charge >= 0.3 is 12.2 Å². The molecule has 0 fully saturated rings. The molecule has 7 heteroatoms. The highest BCUT2D eigenvalue weighted by atomic mass is 35.5. The molecule has 0 atom stereocenters. The second kappa shape index (κ2) is 4.36. The van der Waals surface area contributed by atoms with E-state index in [1.54, 1.807) is 24.3 Å². The van der Waals surface area contributed by atoms with Crippen LogP contribution >= 0.6 is 11.6 Å². The van der Waals surface area contributed by atoms with Crippen LogP contribution in [0, 0.1) is 12.2 Å². The summed E-state index contributed by atoms with van der Waals surface area (Å²) in [6, 6.07) is 6.58. The summed E-state index contributed by atoms with van der Waals surface area (Å²) in [4.78, 5) is 9.32. The number of halogens is 3. The SMILES string of the molecule is Fc1nc(F)nc(Nc2cccc(Cl)c2)n1. The first-order chi connectivity index (χ1) is 7.63. The van der Waals surface area contributed by atoms with Gasteiger partial charge in [-0.15, -0.1) is 0 Å². The van der Waals surface area contributed by atoms with Gasteiger partial charge in [0.05, 0.1) is 0 Å². The Kier molecular flexibility index (Phi) is 2.91. The van der Waals surface area contributed by atoms with Crippen LogP contribution in [0.2, 0.25) is 5.02 Å². The number of nitrogens with one attached hydrogen (secondary N) is 1. The highest BCUT2D eigenvalue weighted by Gasteiger charge is 2.05. The van der Waals surface area contributed by atoms with E-state index < -0.39 is 12.2 Å². The number of anilines is 2. The van der Waals surface area contributed by atoms with Gasteiger partial charge in [0.15, 0.2) is 0 Å². The Morgan fingerprint density at radius 1 is 1.06 bits per heavy atom. The average molecular weight is 243 g/mol. The topological polar surface area (TPSA) is 50.7 Å². The predicted octanol–water partition coefficient (Wildman–Crippen LogP) is 2.55. The molecule has 1 N–H and O–H groups in total. The summed E-state index contributed by atoms with van der Waals surface area (Å²) in [5, 5.41) is 3.09. The maximum Gasteiger partial charge on any atom is 0.315 e. The van der Waals surface area contributed by atoms with Crippen molar-refractivity contribution in [3.8, 4) is 0 Å². The Morgan fingerprint density at radius 2 is 1.75 bits per heavy atom. The third-order valence-electron chi connectivity index (χ3n) is 1.66. The molecule has 0 aliphatic rings. The van der Waals surface area contributed by atoms with Crippen molar-refractivity contribution in [1.29, 1.82) is 0 Å². The first-order valence-corrected chi connectivity index (χ1v) is 4.61. The molecule has 0 bridgehead atoms. The van der Waals surface area contributed by atoms with Crippen molar-refractivity contribution in [1.82, 2.24) is 15.0 Å². The summed E-state index contributed by atoms with van der Waals surface area (Å²) >= 11 is 5.73. The fraction of sp³-hybridized carbons (Fsp3) is 0. The van der Waals surface area contributed by atoms with E-state index in [2.05, 4.69) is 20.3 Å². The van der Waals surface area contributed by atoms with Crippen molar-refractivity contribution in [2.75, 3.05) is 5.32 Å². The van der Waals surface area contributed by atoms with E-state index in [1.807, 2.05) is 0 Å². The van der Waals surface area contributed by atoms with E-state index >= 15 is 0 Å². The van der Waals surface area contributed by atoms with Crippen LogP contribution < -0.4 is 5.32 Å². The lowest BCUT2D eigenvalue weighted by atomic mass is 10.3. The quantitative estimate of drug-likeness (QED) is 0.879. The van der Waals surface area contributed by atoms with Crippen LogP contribution in [0.25, 0.3) is 0 Å². The summed E-state index contributed by atoms with van der Waals surface area (Å²) in [7, 11) is 0. The molecule has 1 heterocycles. The van der Waals surface area contributed by atoms with Crippen molar-refractivity contribution in [3.63, 3.8) is 0 Å². The molecular weight excluding hydrogens is 238 g/mol. The lowest BCUT2D eigenvalue weighted by molar-refractivity contribution is 0.458.